The van der Waals surface area contributed by atoms with Gasteiger partial charge in [-0.25, -0.2) is 14.5 Å². The standard InChI is InChI=1S/C16H17ClN6O/c1-9-10(2)19-12-4-5-23(21(3)15(9)12)16(24)13-6-14-18-7-11(17)8-22(14)20-13/h6-8,19H,4-5H2,1-3H3. The van der Waals surface area contributed by atoms with E-state index < -0.39 is 0 Å². The summed E-state index contributed by atoms with van der Waals surface area (Å²) < 4.78 is 1.52. The van der Waals surface area contributed by atoms with Crippen molar-refractivity contribution in [3.8, 4) is 0 Å². The van der Waals surface area contributed by atoms with Gasteiger partial charge in [0.05, 0.1) is 16.9 Å². The highest BCUT2D eigenvalue weighted by Crippen LogP contribution is 2.32. The molecule has 4 heterocycles. The van der Waals surface area contributed by atoms with E-state index in [4.69, 9.17) is 11.6 Å². The van der Waals surface area contributed by atoms with Crippen LogP contribution in [0, 0.1) is 13.8 Å². The number of nitrogens with one attached hydrogen (secondary N) is 1. The van der Waals surface area contributed by atoms with E-state index in [9.17, 15) is 4.79 Å². The Labute approximate surface area is 143 Å². The summed E-state index contributed by atoms with van der Waals surface area (Å²) in [4.78, 5) is 20.5. The first kappa shape index (κ1) is 15.0. The molecule has 0 fully saturated rings. The Morgan fingerprint density at radius 1 is 1.38 bits per heavy atom. The number of aryl methyl sites for hydroxylation is 1. The summed E-state index contributed by atoms with van der Waals surface area (Å²) in [7, 11) is 1.90. The number of hydrazine groups is 1. The molecular formula is C16H17ClN6O. The summed E-state index contributed by atoms with van der Waals surface area (Å²) in [6.45, 7) is 4.71. The number of hydrogen-bond donors (Lipinski definition) is 1. The summed E-state index contributed by atoms with van der Waals surface area (Å²) >= 11 is 5.92. The highest BCUT2D eigenvalue weighted by molar-refractivity contribution is 6.30. The summed E-state index contributed by atoms with van der Waals surface area (Å²) in [6, 6.07) is 1.68. The lowest BCUT2D eigenvalue weighted by atomic mass is 10.1. The van der Waals surface area contributed by atoms with Crippen LogP contribution in [0.3, 0.4) is 0 Å². The fourth-order valence-electron chi connectivity index (χ4n) is 3.22. The molecule has 0 unspecified atom stereocenters. The van der Waals surface area contributed by atoms with Gasteiger partial charge in [0, 0.05) is 43.7 Å². The van der Waals surface area contributed by atoms with E-state index in [1.807, 2.05) is 19.0 Å². The molecule has 3 aromatic heterocycles. The molecule has 1 aliphatic heterocycles. The number of aromatic amines is 1. The van der Waals surface area contributed by atoms with Crippen molar-refractivity contribution in [1.82, 2.24) is 24.6 Å². The highest BCUT2D eigenvalue weighted by atomic mass is 35.5. The van der Waals surface area contributed by atoms with Crippen LogP contribution in [0.4, 0.5) is 5.69 Å². The zero-order valence-electron chi connectivity index (χ0n) is 13.7. The van der Waals surface area contributed by atoms with Crippen molar-refractivity contribution >= 4 is 28.8 Å². The monoisotopic (exact) mass is 344 g/mol. The second kappa shape index (κ2) is 5.24. The van der Waals surface area contributed by atoms with E-state index in [0.29, 0.717) is 22.9 Å². The molecule has 0 saturated carbocycles. The van der Waals surface area contributed by atoms with E-state index in [1.54, 1.807) is 17.3 Å². The van der Waals surface area contributed by atoms with Crippen LogP contribution < -0.4 is 5.01 Å². The maximum Gasteiger partial charge on any atom is 0.292 e. The van der Waals surface area contributed by atoms with Gasteiger partial charge in [-0.15, -0.1) is 0 Å². The van der Waals surface area contributed by atoms with Crippen molar-refractivity contribution in [3.05, 3.63) is 46.1 Å². The Balaban J connectivity index is 1.70. The maximum absolute atomic E-state index is 12.9. The Morgan fingerprint density at radius 2 is 2.17 bits per heavy atom. The van der Waals surface area contributed by atoms with E-state index in [-0.39, 0.29) is 5.91 Å². The Hall–Kier alpha value is -2.54. The molecule has 1 amide bonds. The number of fused-ring (bicyclic) bond motifs is 2. The number of rotatable bonds is 1. The molecule has 1 N–H and O–H groups in total. The van der Waals surface area contributed by atoms with E-state index >= 15 is 0 Å². The normalized spacial score (nSPS) is 14.3. The van der Waals surface area contributed by atoms with Crippen LogP contribution in [-0.4, -0.2) is 44.1 Å². The van der Waals surface area contributed by atoms with Crippen molar-refractivity contribution in [2.45, 2.75) is 20.3 Å². The molecule has 1 aliphatic rings. The molecule has 0 bridgehead atoms. The molecule has 24 heavy (non-hydrogen) atoms. The van der Waals surface area contributed by atoms with E-state index in [0.717, 1.165) is 23.4 Å². The number of aromatic nitrogens is 4. The first-order valence-electron chi connectivity index (χ1n) is 7.70. The third-order valence-electron chi connectivity index (χ3n) is 4.54. The number of nitrogens with zero attached hydrogens (tertiary/aromatic N) is 5. The van der Waals surface area contributed by atoms with Crippen LogP contribution in [0.1, 0.15) is 27.4 Å². The number of amides is 1. The summed E-state index contributed by atoms with van der Waals surface area (Å²) in [5.41, 5.74) is 5.47. The Morgan fingerprint density at radius 3 is 2.96 bits per heavy atom. The van der Waals surface area contributed by atoms with Crippen LogP contribution in [0.5, 0.6) is 0 Å². The van der Waals surface area contributed by atoms with Crippen LogP contribution >= 0.6 is 11.6 Å². The van der Waals surface area contributed by atoms with Gasteiger partial charge in [-0.1, -0.05) is 11.6 Å². The molecule has 3 aromatic rings. The predicted molar refractivity (Wildman–Crippen MR) is 91.4 cm³/mol. The quantitative estimate of drug-likeness (QED) is 0.736. The van der Waals surface area contributed by atoms with Crippen molar-refractivity contribution in [2.75, 3.05) is 18.6 Å². The lowest BCUT2D eigenvalue weighted by molar-refractivity contribution is 0.0732. The van der Waals surface area contributed by atoms with Gasteiger partial charge in [-0.05, 0) is 19.4 Å². The number of halogens is 1. The largest absolute Gasteiger partial charge is 0.360 e. The molecule has 4 rings (SSSR count). The molecule has 0 saturated heterocycles. The van der Waals surface area contributed by atoms with Crippen molar-refractivity contribution in [2.24, 2.45) is 0 Å². The van der Waals surface area contributed by atoms with Gasteiger partial charge >= 0.3 is 0 Å². The van der Waals surface area contributed by atoms with Crippen molar-refractivity contribution in [3.63, 3.8) is 0 Å². The lowest BCUT2D eigenvalue weighted by Crippen LogP contribution is -2.48. The van der Waals surface area contributed by atoms with Crippen LogP contribution in [0.25, 0.3) is 5.65 Å². The zero-order valence-corrected chi connectivity index (χ0v) is 14.4. The van der Waals surface area contributed by atoms with E-state index in [2.05, 4.69) is 22.0 Å². The molecule has 0 spiro atoms. The van der Waals surface area contributed by atoms with Gasteiger partial charge in [-0.3, -0.25) is 9.80 Å². The topological polar surface area (TPSA) is 69.5 Å². The first-order chi connectivity index (χ1) is 11.5. The summed E-state index contributed by atoms with van der Waals surface area (Å²) in [6.07, 6.45) is 3.97. The number of hydrogen-bond acceptors (Lipinski definition) is 4. The maximum atomic E-state index is 12.9. The average Bonchev–Trinajstić information content (AvgIpc) is 3.09. The number of H-pyrrole nitrogens is 1. The second-order valence-corrected chi connectivity index (χ2v) is 6.45. The van der Waals surface area contributed by atoms with Crippen LogP contribution in [0.15, 0.2) is 18.5 Å². The van der Waals surface area contributed by atoms with Crippen molar-refractivity contribution in [1.29, 1.82) is 0 Å². The average molecular weight is 345 g/mol. The lowest BCUT2D eigenvalue weighted by Gasteiger charge is -2.37. The predicted octanol–water partition coefficient (Wildman–Crippen LogP) is 2.38. The molecule has 124 valence electrons. The Bertz CT molecular complexity index is 959. The fraction of sp³-hybridized carbons (Fsp3) is 0.312. The van der Waals surface area contributed by atoms with Gasteiger partial charge in [0.1, 0.15) is 0 Å². The summed E-state index contributed by atoms with van der Waals surface area (Å²) in [5.74, 6) is -0.150. The van der Waals surface area contributed by atoms with E-state index in [1.165, 1.54) is 16.4 Å². The van der Waals surface area contributed by atoms with Gasteiger partial charge in [0.15, 0.2) is 11.3 Å². The van der Waals surface area contributed by atoms with Gasteiger partial charge < -0.3 is 4.98 Å². The Kier molecular flexibility index (Phi) is 3.28. The second-order valence-electron chi connectivity index (χ2n) is 6.01. The molecule has 8 heteroatoms. The minimum atomic E-state index is -0.150. The third kappa shape index (κ3) is 2.16. The minimum absolute atomic E-state index is 0.150. The highest BCUT2D eigenvalue weighted by Gasteiger charge is 2.30. The molecule has 0 atom stereocenters. The zero-order chi connectivity index (χ0) is 17.0. The number of carbonyl (C=O) groups is 1. The van der Waals surface area contributed by atoms with Gasteiger partial charge in [0.2, 0.25) is 0 Å². The van der Waals surface area contributed by atoms with Crippen molar-refractivity contribution < 1.29 is 4.79 Å². The molecular weight excluding hydrogens is 328 g/mol. The summed E-state index contributed by atoms with van der Waals surface area (Å²) in [5, 5.41) is 8.41. The van der Waals surface area contributed by atoms with Gasteiger partial charge in [0.25, 0.3) is 5.91 Å². The number of carbonyl (C=O) groups excluding carboxylic acids is 1. The first-order valence-corrected chi connectivity index (χ1v) is 8.08. The molecule has 0 aromatic carbocycles. The van der Waals surface area contributed by atoms with Crippen LogP contribution in [-0.2, 0) is 6.42 Å². The smallest absolute Gasteiger partial charge is 0.292 e. The number of anilines is 1. The SMILES string of the molecule is Cc1[nH]c2c(c1C)N(C)N(C(=O)c1cc3ncc(Cl)cn3n1)CC2. The minimum Gasteiger partial charge on any atom is -0.360 e. The third-order valence-corrected chi connectivity index (χ3v) is 4.73. The van der Waals surface area contributed by atoms with Crippen LogP contribution in [0.2, 0.25) is 5.02 Å². The molecule has 0 radical (unpaired) electrons. The molecule has 7 nitrogen and oxygen atoms in total. The molecule has 0 aliphatic carbocycles. The van der Waals surface area contributed by atoms with Gasteiger partial charge in [-0.2, -0.15) is 5.10 Å². The fourth-order valence-corrected chi connectivity index (χ4v) is 3.36.